The summed E-state index contributed by atoms with van der Waals surface area (Å²) in [6.07, 6.45) is 14.1. The van der Waals surface area contributed by atoms with E-state index in [1.165, 1.54) is 25.7 Å². The molecule has 0 spiro atoms. The fourth-order valence-corrected chi connectivity index (χ4v) is 8.45. The molecule has 0 N–H and O–H groups in total. The van der Waals surface area contributed by atoms with Crippen molar-refractivity contribution in [3.05, 3.63) is 42.0 Å². The van der Waals surface area contributed by atoms with Crippen molar-refractivity contribution in [3.8, 4) is 0 Å². The van der Waals surface area contributed by atoms with Crippen LogP contribution in [0.25, 0.3) is 0 Å². The molecule has 18 heavy (non-hydrogen) atoms. The van der Waals surface area contributed by atoms with Crippen LogP contribution in [0, 0.1) is 0 Å². The van der Waals surface area contributed by atoms with Crippen molar-refractivity contribution in [3.63, 3.8) is 0 Å². The minimum Gasteiger partial charge on any atom is -1.00 e. The van der Waals surface area contributed by atoms with Gasteiger partial charge in [0.25, 0.3) is 0 Å². The van der Waals surface area contributed by atoms with Gasteiger partial charge in [-0.25, -0.2) is 0 Å². The molecule has 0 nitrogen and oxygen atoms in total. The van der Waals surface area contributed by atoms with E-state index < -0.39 is 21.3 Å². The largest absolute Gasteiger partial charge is 1.00 e. The standard InChI is InChI=1S/2C7H9.CH2.2ClH.Zr/c2*1-2-7-5-3-4-6-7;;;;/h2*3,5H,2,4H2,1H3;1H2;2*1H;/q;;;;;+2/p-2. The average Bonchev–Trinajstić information content (AvgIpc) is 2.96. The molecular formula is C15H20Cl2Zr. The summed E-state index contributed by atoms with van der Waals surface area (Å²) in [5.41, 5.74) is 3.19. The van der Waals surface area contributed by atoms with Gasteiger partial charge in [0.15, 0.2) is 0 Å². The molecule has 0 saturated heterocycles. The van der Waals surface area contributed by atoms with Crippen LogP contribution < -0.4 is 24.8 Å². The Morgan fingerprint density at radius 1 is 0.944 bits per heavy atom. The Kier molecular flexibility index (Phi) is 8.60. The Labute approximate surface area is 131 Å². The second kappa shape index (κ2) is 8.46. The predicted molar refractivity (Wildman–Crippen MR) is 69.3 cm³/mol. The van der Waals surface area contributed by atoms with E-state index in [0.717, 1.165) is 0 Å². The van der Waals surface area contributed by atoms with Crippen LogP contribution in [0.2, 0.25) is 0 Å². The van der Waals surface area contributed by atoms with E-state index >= 15 is 0 Å². The monoisotopic (exact) mass is 360 g/mol. The van der Waals surface area contributed by atoms with E-state index in [1.807, 2.05) is 0 Å². The molecule has 2 aliphatic carbocycles. The summed E-state index contributed by atoms with van der Waals surface area (Å²) in [6.45, 7) is 4.53. The van der Waals surface area contributed by atoms with Gasteiger partial charge in [-0.3, -0.25) is 0 Å². The van der Waals surface area contributed by atoms with Crippen LogP contribution in [0.5, 0.6) is 0 Å². The Hall–Kier alpha value is 0.293. The van der Waals surface area contributed by atoms with Gasteiger partial charge in [0, 0.05) is 0 Å². The average molecular weight is 362 g/mol. The number of rotatable bonds is 4. The van der Waals surface area contributed by atoms with E-state index in [2.05, 4.69) is 42.4 Å². The molecule has 0 heterocycles. The summed E-state index contributed by atoms with van der Waals surface area (Å²) in [7, 11) is 0. The Morgan fingerprint density at radius 3 is 1.67 bits per heavy atom. The third-order valence-electron chi connectivity index (χ3n) is 3.55. The Balaban J connectivity index is 0.00000144. The van der Waals surface area contributed by atoms with Gasteiger partial charge in [-0.05, 0) is 0 Å². The van der Waals surface area contributed by atoms with Gasteiger partial charge >= 0.3 is 107 Å². The number of halogens is 2. The minimum atomic E-state index is -1.69. The first-order valence-electron chi connectivity index (χ1n) is 6.24. The molecule has 0 radical (unpaired) electrons. The predicted octanol–water partition coefficient (Wildman–Crippen LogP) is -1.71. The first-order chi connectivity index (χ1) is 7.77. The van der Waals surface area contributed by atoms with Crippen LogP contribution in [0.1, 0.15) is 39.5 Å². The molecule has 0 aromatic carbocycles. The molecule has 0 amide bonds. The normalized spacial score (nSPS) is 16.5. The molecule has 3 heteroatoms. The maximum atomic E-state index is 4.60. The molecule has 0 bridgehead atoms. The third kappa shape index (κ3) is 3.65. The van der Waals surface area contributed by atoms with Crippen LogP contribution in [0.3, 0.4) is 0 Å². The van der Waals surface area contributed by atoms with Crippen LogP contribution >= 0.6 is 0 Å². The van der Waals surface area contributed by atoms with E-state index in [1.54, 1.807) is 17.7 Å². The van der Waals surface area contributed by atoms with Gasteiger partial charge in [0.1, 0.15) is 0 Å². The van der Waals surface area contributed by atoms with Gasteiger partial charge in [-0.2, -0.15) is 0 Å². The van der Waals surface area contributed by atoms with Crippen LogP contribution in [0.4, 0.5) is 0 Å². The third-order valence-corrected chi connectivity index (χ3v) is 9.71. The molecule has 0 fully saturated rings. The molecule has 2 aliphatic rings. The second-order valence-electron chi connectivity index (χ2n) is 4.41. The van der Waals surface area contributed by atoms with Crippen LogP contribution in [0.15, 0.2) is 42.0 Å². The summed E-state index contributed by atoms with van der Waals surface area (Å²) in [4.78, 5) is 0. The molecule has 98 valence electrons. The Bertz CT molecular complexity index is 399. The molecule has 0 aromatic rings. The number of allylic oxidation sites excluding steroid dienone is 8. The summed E-state index contributed by atoms with van der Waals surface area (Å²) < 4.78 is 8.09. The summed E-state index contributed by atoms with van der Waals surface area (Å²) in [6, 6.07) is 0. The molecule has 0 saturated carbocycles. The van der Waals surface area contributed by atoms with Crippen molar-refractivity contribution in [1.82, 2.24) is 0 Å². The molecular weight excluding hydrogens is 342 g/mol. The minimum absolute atomic E-state index is 0. The first kappa shape index (κ1) is 18.3. The molecule has 0 aliphatic heterocycles. The quantitative estimate of drug-likeness (QED) is 0.559. The molecule has 0 unspecified atom stereocenters. The zero-order chi connectivity index (χ0) is 11.5. The zero-order valence-corrected chi connectivity index (χ0v) is 15.1. The van der Waals surface area contributed by atoms with Crippen molar-refractivity contribution < 1.29 is 46.1 Å². The second-order valence-corrected chi connectivity index (χ2v) is 9.73. The van der Waals surface area contributed by atoms with E-state index in [0.29, 0.717) is 0 Å². The summed E-state index contributed by atoms with van der Waals surface area (Å²) in [5.74, 6) is 0. The molecule has 0 atom stereocenters. The van der Waals surface area contributed by atoms with Gasteiger partial charge in [0.05, 0.1) is 0 Å². The van der Waals surface area contributed by atoms with Crippen LogP contribution in [-0.4, -0.2) is 4.21 Å². The molecule has 2 rings (SSSR count). The fourth-order valence-electron chi connectivity index (χ4n) is 2.58. The maximum absolute atomic E-state index is 4.60. The van der Waals surface area contributed by atoms with E-state index in [-0.39, 0.29) is 24.8 Å². The fraction of sp³-hybridized carbons (Fsp3) is 0.400. The Morgan fingerprint density at radius 2 is 1.33 bits per heavy atom. The van der Waals surface area contributed by atoms with Gasteiger partial charge < -0.3 is 24.8 Å². The summed E-state index contributed by atoms with van der Waals surface area (Å²) in [5, 5.41) is 0. The van der Waals surface area contributed by atoms with Gasteiger partial charge in [0.2, 0.25) is 0 Å². The molecule has 0 aromatic heterocycles. The van der Waals surface area contributed by atoms with Crippen molar-refractivity contribution >= 4 is 4.21 Å². The van der Waals surface area contributed by atoms with Crippen molar-refractivity contribution in [2.75, 3.05) is 0 Å². The SMILES string of the molecule is [CH2]=[Zr+2]([C]1=C(CC)C=CC1)[C]1=C(CC)C=CC1.[Cl-].[Cl-]. The van der Waals surface area contributed by atoms with Gasteiger partial charge in [-0.1, -0.05) is 0 Å². The maximum Gasteiger partial charge on any atom is -1.00 e. The van der Waals surface area contributed by atoms with E-state index in [4.69, 9.17) is 0 Å². The van der Waals surface area contributed by atoms with Crippen LogP contribution in [-0.2, 0) is 21.3 Å². The van der Waals surface area contributed by atoms with E-state index in [9.17, 15) is 0 Å². The first-order valence-corrected chi connectivity index (χ1v) is 10.4. The van der Waals surface area contributed by atoms with Crippen molar-refractivity contribution in [1.29, 1.82) is 0 Å². The smallest absolute Gasteiger partial charge is 1.00 e. The van der Waals surface area contributed by atoms with Crippen molar-refractivity contribution in [2.24, 2.45) is 0 Å². The van der Waals surface area contributed by atoms with Gasteiger partial charge in [-0.15, -0.1) is 0 Å². The topological polar surface area (TPSA) is 0 Å². The zero-order valence-electron chi connectivity index (χ0n) is 11.1. The van der Waals surface area contributed by atoms with Crippen molar-refractivity contribution in [2.45, 2.75) is 39.5 Å². The number of hydrogen-bond donors (Lipinski definition) is 0. The summed E-state index contributed by atoms with van der Waals surface area (Å²) >= 11 is -1.69. The number of hydrogen-bond acceptors (Lipinski definition) is 0.